The van der Waals surface area contributed by atoms with Crippen molar-refractivity contribution in [2.75, 3.05) is 0 Å². The summed E-state index contributed by atoms with van der Waals surface area (Å²) in [5, 5.41) is 0. The van der Waals surface area contributed by atoms with Crippen LogP contribution in [-0.2, 0) is 11.8 Å². The molecule has 0 spiro atoms. The average Bonchev–Trinajstić information content (AvgIpc) is 2.61. The minimum absolute atomic E-state index is 0.137. The van der Waals surface area contributed by atoms with Gasteiger partial charge in [0.15, 0.2) is 0 Å². The van der Waals surface area contributed by atoms with E-state index in [0.717, 1.165) is 12.1 Å². The quantitative estimate of drug-likeness (QED) is 0.554. The second-order valence-corrected chi connectivity index (χ2v) is 7.27. The molecule has 0 aliphatic carbocycles. The first kappa shape index (κ1) is 16.4. The third-order valence-electron chi connectivity index (χ3n) is 4.52. The third kappa shape index (κ3) is 3.41. The molecule has 1 heterocycles. The third-order valence-corrected chi connectivity index (χ3v) is 4.52. The molecule has 1 nitrogen and oxygen atoms in total. The Hall–Kier alpha value is -2.41. The van der Waals surface area contributed by atoms with E-state index < -0.39 is 0 Å². The van der Waals surface area contributed by atoms with Gasteiger partial charge in [-0.05, 0) is 46.2 Å². The summed E-state index contributed by atoms with van der Waals surface area (Å²) >= 11 is 0. The molecular formula is C23H25N. The Balaban J connectivity index is 1.96. The number of hydrogen-bond acceptors (Lipinski definition) is 1. The van der Waals surface area contributed by atoms with Gasteiger partial charge in [0.25, 0.3) is 0 Å². The van der Waals surface area contributed by atoms with Crippen molar-refractivity contribution in [2.45, 2.75) is 39.5 Å². The Kier molecular flexibility index (Phi) is 4.53. The molecule has 0 radical (unpaired) electrons. The Bertz CT molecular complexity index is 823. The maximum atomic E-state index is 4.56. The van der Waals surface area contributed by atoms with Gasteiger partial charge in [-0.2, -0.15) is 0 Å². The molecule has 0 aliphatic rings. The molecule has 0 saturated carbocycles. The van der Waals surface area contributed by atoms with Crippen LogP contribution < -0.4 is 0 Å². The summed E-state index contributed by atoms with van der Waals surface area (Å²) in [4.78, 5) is 4.56. The van der Waals surface area contributed by atoms with Gasteiger partial charge in [0.2, 0.25) is 0 Å². The molecule has 122 valence electrons. The fourth-order valence-electron chi connectivity index (χ4n) is 2.99. The molecule has 0 saturated heterocycles. The molecule has 0 amide bonds. The van der Waals surface area contributed by atoms with Crippen molar-refractivity contribution >= 4 is 0 Å². The van der Waals surface area contributed by atoms with Gasteiger partial charge in [-0.1, -0.05) is 76.2 Å². The van der Waals surface area contributed by atoms with Gasteiger partial charge in [-0.25, -0.2) is 0 Å². The molecule has 0 aliphatic heterocycles. The van der Waals surface area contributed by atoms with Crippen LogP contribution in [0.3, 0.4) is 0 Å². The Morgan fingerprint density at radius 2 is 1.50 bits per heavy atom. The molecule has 24 heavy (non-hydrogen) atoms. The number of aryl methyl sites for hydroxylation is 1. The van der Waals surface area contributed by atoms with Gasteiger partial charge >= 0.3 is 0 Å². The second kappa shape index (κ2) is 6.60. The van der Waals surface area contributed by atoms with Crippen molar-refractivity contribution in [3.63, 3.8) is 0 Å². The van der Waals surface area contributed by atoms with Crippen LogP contribution in [0.25, 0.3) is 22.4 Å². The zero-order valence-corrected chi connectivity index (χ0v) is 15.0. The monoisotopic (exact) mass is 315 g/mol. The van der Waals surface area contributed by atoms with Gasteiger partial charge in [0.1, 0.15) is 0 Å². The maximum Gasteiger partial charge on any atom is 0.0704 e. The largest absolute Gasteiger partial charge is 0.256 e. The lowest BCUT2D eigenvalue weighted by Crippen LogP contribution is -2.11. The summed E-state index contributed by atoms with van der Waals surface area (Å²) in [6, 6.07) is 21.7. The lowest BCUT2D eigenvalue weighted by Gasteiger charge is -2.19. The zero-order chi connectivity index (χ0) is 17.2. The lowest BCUT2D eigenvalue weighted by atomic mass is 9.87. The topological polar surface area (TPSA) is 12.9 Å². The number of benzene rings is 2. The van der Waals surface area contributed by atoms with Crippen molar-refractivity contribution in [2.24, 2.45) is 0 Å². The predicted molar refractivity (Wildman–Crippen MR) is 103 cm³/mol. The van der Waals surface area contributed by atoms with Gasteiger partial charge in [-0.3, -0.25) is 4.98 Å². The van der Waals surface area contributed by atoms with Crippen LogP contribution in [0.1, 0.15) is 38.8 Å². The van der Waals surface area contributed by atoms with Crippen molar-refractivity contribution in [1.82, 2.24) is 4.98 Å². The van der Waals surface area contributed by atoms with Gasteiger partial charge < -0.3 is 0 Å². The summed E-state index contributed by atoms with van der Waals surface area (Å²) in [6.07, 6.45) is 2.96. The van der Waals surface area contributed by atoms with Crippen molar-refractivity contribution in [3.8, 4) is 22.4 Å². The Morgan fingerprint density at radius 1 is 0.833 bits per heavy atom. The lowest BCUT2D eigenvalue weighted by molar-refractivity contribution is 0.589. The van der Waals surface area contributed by atoms with Crippen LogP contribution in [0, 0.1) is 0 Å². The standard InChI is InChI=1S/C23H25N/c1-5-17-8-6-7-9-21(17)18-10-12-19(13-11-18)22-16-20(14-15-24-22)23(2,3)4/h6-16H,5H2,1-4H3. The minimum atomic E-state index is 0.137. The molecule has 0 atom stereocenters. The van der Waals surface area contributed by atoms with E-state index in [1.165, 1.54) is 27.8 Å². The van der Waals surface area contributed by atoms with E-state index in [0.29, 0.717) is 0 Å². The fourth-order valence-corrected chi connectivity index (χ4v) is 2.99. The normalized spacial score (nSPS) is 11.5. The summed E-state index contributed by atoms with van der Waals surface area (Å²) < 4.78 is 0. The summed E-state index contributed by atoms with van der Waals surface area (Å²) in [5.74, 6) is 0. The van der Waals surface area contributed by atoms with Gasteiger partial charge in [-0.15, -0.1) is 0 Å². The molecule has 1 aromatic heterocycles. The minimum Gasteiger partial charge on any atom is -0.256 e. The highest BCUT2D eigenvalue weighted by atomic mass is 14.7. The van der Waals surface area contributed by atoms with Crippen LogP contribution >= 0.6 is 0 Å². The highest BCUT2D eigenvalue weighted by Gasteiger charge is 2.14. The van der Waals surface area contributed by atoms with Crippen LogP contribution in [0.5, 0.6) is 0 Å². The number of pyridine rings is 1. The van der Waals surface area contributed by atoms with Gasteiger partial charge in [0.05, 0.1) is 5.69 Å². The van der Waals surface area contributed by atoms with Crippen LogP contribution in [0.4, 0.5) is 0 Å². The van der Waals surface area contributed by atoms with E-state index in [4.69, 9.17) is 0 Å². The number of hydrogen-bond donors (Lipinski definition) is 0. The first-order valence-electron chi connectivity index (χ1n) is 8.64. The van der Waals surface area contributed by atoms with E-state index in [9.17, 15) is 0 Å². The van der Waals surface area contributed by atoms with Crippen molar-refractivity contribution in [3.05, 3.63) is 78.0 Å². The van der Waals surface area contributed by atoms with E-state index in [2.05, 4.69) is 93.3 Å². The van der Waals surface area contributed by atoms with Crippen LogP contribution in [0.2, 0.25) is 0 Å². The van der Waals surface area contributed by atoms with Crippen LogP contribution in [-0.4, -0.2) is 4.98 Å². The summed E-state index contributed by atoms with van der Waals surface area (Å²) in [7, 11) is 0. The van der Waals surface area contributed by atoms with E-state index in [-0.39, 0.29) is 5.41 Å². The highest BCUT2D eigenvalue weighted by Crippen LogP contribution is 2.29. The zero-order valence-electron chi connectivity index (χ0n) is 15.0. The molecular weight excluding hydrogens is 290 g/mol. The number of nitrogens with zero attached hydrogens (tertiary/aromatic N) is 1. The molecule has 3 rings (SSSR count). The fraction of sp³-hybridized carbons (Fsp3) is 0.261. The first-order chi connectivity index (χ1) is 11.5. The summed E-state index contributed by atoms with van der Waals surface area (Å²) in [5.41, 5.74) is 7.63. The average molecular weight is 315 g/mol. The molecule has 2 aromatic carbocycles. The van der Waals surface area contributed by atoms with E-state index in [1.54, 1.807) is 0 Å². The Morgan fingerprint density at radius 3 is 2.17 bits per heavy atom. The molecule has 0 unspecified atom stereocenters. The molecule has 0 bridgehead atoms. The molecule has 0 N–H and O–H groups in total. The first-order valence-corrected chi connectivity index (χ1v) is 8.64. The summed E-state index contributed by atoms with van der Waals surface area (Å²) in [6.45, 7) is 8.90. The smallest absolute Gasteiger partial charge is 0.0704 e. The van der Waals surface area contributed by atoms with Crippen LogP contribution in [0.15, 0.2) is 66.9 Å². The van der Waals surface area contributed by atoms with E-state index >= 15 is 0 Å². The number of rotatable bonds is 3. The van der Waals surface area contributed by atoms with E-state index in [1.807, 2.05) is 6.20 Å². The second-order valence-electron chi connectivity index (χ2n) is 7.27. The SMILES string of the molecule is CCc1ccccc1-c1ccc(-c2cc(C(C)(C)C)ccn2)cc1. The Labute approximate surface area is 145 Å². The van der Waals surface area contributed by atoms with Crippen molar-refractivity contribution in [1.29, 1.82) is 0 Å². The molecule has 3 aromatic rings. The van der Waals surface area contributed by atoms with Crippen molar-refractivity contribution < 1.29 is 0 Å². The molecule has 1 heteroatoms. The molecule has 0 fully saturated rings. The highest BCUT2D eigenvalue weighted by molar-refractivity contribution is 5.71. The maximum absolute atomic E-state index is 4.56. The van der Waals surface area contributed by atoms with Gasteiger partial charge in [0, 0.05) is 11.8 Å². The number of aromatic nitrogens is 1. The predicted octanol–water partition coefficient (Wildman–Crippen LogP) is 6.28.